The molecule has 4 atom stereocenters. The maximum Gasteiger partial charge on any atom is 0.387 e. The predicted molar refractivity (Wildman–Crippen MR) is 126 cm³/mol. The zero-order valence-electron chi connectivity index (χ0n) is 19.2. The number of fused-ring (bicyclic) bond motifs is 2. The molecule has 0 amide bonds. The summed E-state index contributed by atoms with van der Waals surface area (Å²) in [6.45, 7) is -0.838. The number of hydrogen-bond donors (Lipinski definition) is 1. The van der Waals surface area contributed by atoms with E-state index in [0.717, 1.165) is 6.20 Å². The molecule has 1 fully saturated rings. The fraction of sp³-hybridized carbons (Fsp3) is 0.417. The molecule has 2 aliphatic rings. The minimum Gasteiger partial charge on any atom is -0.433 e. The van der Waals surface area contributed by atoms with Crippen molar-refractivity contribution >= 4 is 27.0 Å². The molecule has 1 aromatic heterocycles. The molecule has 3 heterocycles. The number of Topliss-reactive ketones (excluding diaryl/α,β-unsaturated/α-hetero) is 1. The van der Waals surface area contributed by atoms with Crippen LogP contribution in [0.1, 0.15) is 46.9 Å². The van der Waals surface area contributed by atoms with E-state index in [0.29, 0.717) is 17.5 Å². The third kappa shape index (κ3) is 3.89. The quantitative estimate of drug-likeness (QED) is 0.347. The second-order valence-electron chi connectivity index (χ2n) is 9.16. The molecule has 2 unspecified atom stereocenters. The lowest BCUT2D eigenvalue weighted by atomic mass is 9.85. The highest BCUT2D eigenvalue weighted by molar-refractivity contribution is 8.03. The van der Waals surface area contributed by atoms with Gasteiger partial charge in [-0.2, -0.15) is 8.78 Å². The van der Waals surface area contributed by atoms with Gasteiger partial charge in [0, 0.05) is 12.0 Å². The van der Waals surface area contributed by atoms with Crippen LogP contribution >= 0.6 is 0 Å². The van der Waals surface area contributed by atoms with Crippen LogP contribution in [0, 0.1) is 12.7 Å². The molecular weight excluding hydrogens is 486 g/mol. The molecule has 2 aromatic rings. The second-order valence-corrected chi connectivity index (χ2v) is 12.0. The highest BCUT2D eigenvalue weighted by Gasteiger charge is 2.61. The zero-order chi connectivity index (χ0) is 25.8. The van der Waals surface area contributed by atoms with Gasteiger partial charge in [-0.3, -0.25) is 14.0 Å². The first-order valence-electron chi connectivity index (χ1n) is 10.9. The maximum atomic E-state index is 15.1. The summed E-state index contributed by atoms with van der Waals surface area (Å²) in [5.41, 5.74) is 5.68. The molecule has 1 saturated heterocycles. The number of carbonyl (C=O) groups is 1. The maximum absolute atomic E-state index is 15.1. The van der Waals surface area contributed by atoms with Crippen molar-refractivity contribution in [1.29, 1.82) is 0 Å². The number of halogens is 4. The molecule has 2 aliphatic heterocycles. The van der Waals surface area contributed by atoms with E-state index in [2.05, 4.69) is 20.6 Å². The Morgan fingerprint density at radius 1 is 1.37 bits per heavy atom. The summed E-state index contributed by atoms with van der Waals surface area (Å²) >= 11 is 0. The SMILES string of the molecule is C=S1(=O)C2CC[C@]1(CF)C(N)=N[C@]2(C)c1cc(CC(=O)c2ncc(OC(F)F)cc2C)ccc1F. The van der Waals surface area contributed by atoms with Crippen LogP contribution in [0.25, 0.3) is 0 Å². The van der Waals surface area contributed by atoms with Gasteiger partial charge in [0.25, 0.3) is 0 Å². The Kier molecular flexibility index (Phi) is 6.19. The molecule has 0 saturated carbocycles. The summed E-state index contributed by atoms with van der Waals surface area (Å²) in [7, 11) is -3.10. The lowest BCUT2D eigenvalue weighted by Gasteiger charge is -2.42. The minimum absolute atomic E-state index is 0.0629. The van der Waals surface area contributed by atoms with Crippen LogP contribution in [0.15, 0.2) is 35.5 Å². The first kappa shape index (κ1) is 25.2. The highest BCUT2D eigenvalue weighted by Crippen LogP contribution is 2.51. The summed E-state index contributed by atoms with van der Waals surface area (Å²) in [5.74, 6) is 2.48. The normalized spacial score (nSPS) is 29.8. The summed E-state index contributed by atoms with van der Waals surface area (Å²) in [5, 5.41) is -0.732. The zero-order valence-corrected chi connectivity index (χ0v) is 20.0. The minimum atomic E-state index is -3.10. The van der Waals surface area contributed by atoms with Crippen molar-refractivity contribution in [2.75, 3.05) is 6.67 Å². The third-order valence-corrected chi connectivity index (χ3v) is 10.5. The van der Waals surface area contributed by atoms with Gasteiger partial charge in [0.05, 0.1) is 11.4 Å². The Morgan fingerprint density at radius 2 is 2.09 bits per heavy atom. The Morgan fingerprint density at radius 3 is 2.71 bits per heavy atom. The van der Waals surface area contributed by atoms with Gasteiger partial charge in [-0.25, -0.2) is 13.8 Å². The van der Waals surface area contributed by atoms with Crippen molar-refractivity contribution in [2.24, 2.45) is 10.7 Å². The van der Waals surface area contributed by atoms with Crippen LogP contribution in [0.4, 0.5) is 17.6 Å². The second kappa shape index (κ2) is 8.61. The first-order chi connectivity index (χ1) is 16.4. The number of pyridine rings is 1. The largest absolute Gasteiger partial charge is 0.433 e. The summed E-state index contributed by atoms with van der Waals surface area (Å²) < 4.78 is 70.4. The van der Waals surface area contributed by atoms with Gasteiger partial charge in [0.2, 0.25) is 0 Å². The van der Waals surface area contributed by atoms with Crippen LogP contribution in [-0.2, 0) is 21.5 Å². The molecule has 2 bridgehead atoms. The van der Waals surface area contributed by atoms with E-state index in [9.17, 15) is 22.2 Å². The molecule has 2 N–H and O–H groups in total. The number of carbonyl (C=O) groups excluding carboxylic acids is 1. The number of ether oxygens (including phenoxy) is 1. The number of nitrogens with two attached hydrogens (primary N) is 1. The standard InChI is InChI=1S/C24H25F4N3O3S/c1-13-8-15(34-22(27)28)11-30-20(13)18(32)10-14-4-5-17(26)16(9-14)23(2)19-6-7-24(12-25,21(29)31-23)35(19,3)33/h4-5,8-9,11,19,22H,3,6-7,10,12H2,1-2H3,(H2,29,31)/t19?,23-,24+,35?/m1/s1. The predicted octanol–water partition coefficient (Wildman–Crippen LogP) is 3.73. The number of ketones is 1. The molecule has 11 heteroatoms. The van der Waals surface area contributed by atoms with E-state index < -0.39 is 49.9 Å². The first-order valence-corrected chi connectivity index (χ1v) is 12.7. The van der Waals surface area contributed by atoms with Gasteiger partial charge in [0.15, 0.2) is 5.78 Å². The number of alkyl halides is 3. The van der Waals surface area contributed by atoms with Gasteiger partial charge < -0.3 is 10.5 Å². The molecule has 4 rings (SSSR count). The number of hydrogen-bond acceptors (Lipinski definition) is 6. The number of aromatic nitrogens is 1. The fourth-order valence-electron chi connectivity index (χ4n) is 5.19. The highest BCUT2D eigenvalue weighted by atomic mass is 32.2. The Balaban J connectivity index is 1.68. The Bertz CT molecular complexity index is 1330. The van der Waals surface area contributed by atoms with E-state index in [-0.39, 0.29) is 35.7 Å². The molecule has 35 heavy (non-hydrogen) atoms. The van der Waals surface area contributed by atoms with Gasteiger partial charge in [-0.05, 0) is 71.4 Å². The summed E-state index contributed by atoms with van der Waals surface area (Å²) in [6.07, 6.45) is 1.39. The van der Waals surface area contributed by atoms with Gasteiger partial charge in [-0.15, -0.1) is 0 Å². The molecular formula is C24H25F4N3O3S. The fourth-order valence-corrected chi connectivity index (χ4v) is 8.20. The number of rotatable bonds is 7. The Hall–Kier alpha value is -2.95. The molecule has 0 radical (unpaired) electrons. The van der Waals surface area contributed by atoms with Crippen molar-refractivity contribution < 1.29 is 31.3 Å². The lowest BCUT2D eigenvalue weighted by Crippen LogP contribution is -2.58. The molecule has 0 aliphatic carbocycles. The van der Waals surface area contributed by atoms with Crippen molar-refractivity contribution in [3.05, 3.63) is 58.7 Å². The van der Waals surface area contributed by atoms with Crippen LogP contribution < -0.4 is 10.5 Å². The average molecular weight is 512 g/mol. The van der Waals surface area contributed by atoms with Crippen LogP contribution in [0.5, 0.6) is 5.75 Å². The van der Waals surface area contributed by atoms with Gasteiger partial charge >= 0.3 is 6.61 Å². The van der Waals surface area contributed by atoms with Crippen LogP contribution in [0.3, 0.4) is 0 Å². The van der Waals surface area contributed by atoms with E-state index in [4.69, 9.17) is 5.73 Å². The van der Waals surface area contributed by atoms with E-state index >= 15 is 4.39 Å². The molecule has 0 spiro atoms. The smallest absolute Gasteiger partial charge is 0.387 e. The van der Waals surface area contributed by atoms with E-state index in [1.54, 1.807) is 6.92 Å². The topological polar surface area (TPSA) is 94.6 Å². The number of amidine groups is 1. The van der Waals surface area contributed by atoms with Gasteiger partial charge in [-0.1, -0.05) is 6.07 Å². The van der Waals surface area contributed by atoms with Crippen molar-refractivity contribution in [3.63, 3.8) is 0 Å². The average Bonchev–Trinajstić information content (AvgIpc) is 2.97. The third-order valence-electron chi connectivity index (χ3n) is 7.08. The van der Waals surface area contributed by atoms with Crippen LogP contribution in [0.2, 0.25) is 0 Å². The molecule has 6 nitrogen and oxygen atoms in total. The Labute approximate surface area is 200 Å². The van der Waals surface area contributed by atoms with Crippen molar-refractivity contribution in [1.82, 2.24) is 4.98 Å². The van der Waals surface area contributed by atoms with E-state index in [1.807, 2.05) is 0 Å². The number of aryl methyl sites for hydroxylation is 1. The number of aliphatic imine (C=N–C) groups is 1. The monoisotopic (exact) mass is 511 g/mol. The van der Waals surface area contributed by atoms with Gasteiger partial charge in [0.1, 0.15) is 40.1 Å². The number of benzene rings is 1. The number of nitrogens with zero attached hydrogens (tertiary/aromatic N) is 2. The van der Waals surface area contributed by atoms with E-state index in [1.165, 1.54) is 31.2 Å². The molecule has 188 valence electrons. The lowest BCUT2D eigenvalue weighted by molar-refractivity contribution is -0.0501. The summed E-state index contributed by atoms with van der Waals surface area (Å²) in [6, 6.07) is 5.36. The summed E-state index contributed by atoms with van der Waals surface area (Å²) in [4.78, 5) is 21.3. The van der Waals surface area contributed by atoms with Crippen molar-refractivity contribution in [2.45, 2.75) is 55.3 Å². The van der Waals surface area contributed by atoms with Crippen LogP contribution in [-0.4, -0.2) is 50.0 Å². The van der Waals surface area contributed by atoms with Crippen molar-refractivity contribution in [3.8, 4) is 5.75 Å². The molecule has 1 aromatic carbocycles.